The van der Waals surface area contributed by atoms with E-state index in [4.69, 9.17) is 9.47 Å². The van der Waals surface area contributed by atoms with Crippen LogP contribution < -0.4 is 0 Å². The molecule has 36 heavy (non-hydrogen) atoms. The number of allylic oxidation sites excluding steroid dienone is 5. The third kappa shape index (κ3) is 12.9. The van der Waals surface area contributed by atoms with Crippen molar-refractivity contribution in [1.82, 2.24) is 0 Å². The minimum Gasteiger partial charge on any atom is -0.493 e. The van der Waals surface area contributed by atoms with E-state index in [2.05, 4.69) is 45.7 Å². The summed E-state index contributed by atoms with van der Waals surface area (Å²) in [6, 6.07) is 16.0. The molecule has 2 aromatic carbocycles. The highest BCUT2D eigenvalue weighted by Crippen LogP contribution is 2.19. The second-order valence-electron chi connectivity index (χ2n) is 7.82. The first kappa shape index (κ1) is 31.5. The minimum atomic E-state index is 0.636. The molecule has 194 valence electrons. The molecular formula is C32H42O2S2. The highest BCUT2D eigenvalue weighted by Gasteiger charge is 2.05. The van der Waals surface area contributed by atoms with Crippen molar-refractivity contribution in [3.05, 3.63) is 108 Å². The quantitative estimate of drug-likeness (QED) is 0.111. The Hall–Kier alpha value is -2.56. The van der Waals surface area contributed by atoms with E-state index in [1.807, 2.05) is 98.8 Å². The molecule has 0 saturated carbocycles. The van der Waals surface area contributed by atoms with Crippen molar-refractivity contribution in [2.45, 2.75) is 63.2 Å². The number of ether oxygens (including phenoxy) is 2. The maximum absolute atomic E-state index is 6.19. The molecule has 0 aliphatic rings. The molecule has 0 atom stereocenters. The highest BCUT2D eigenvalue weighted by molar-refractivity contribution is 7.80. The van der Waals surface area contributed by atoms with Gasteiger partial charge in [-0.2, -0.15) is 0 Å². The van der Waals surface area contributed by atoms with E-state index < -0.39 is 0 Å². The van der Waals surface area contributed by atoms with Crippen molar-refractivity contribution in [1.29, 1.82) is 0 Å². The van der Waals surface area contributed by atoms with Crippen LogP contribution in [0.5, 0.6) is 0 Å². The van der Waals surface area contributed by atoms with Crippen molar-refractivity contribution in [3.63, 3.8) is 0 Å². The average molecular weight is 523 g/mol. The molecule has 4 heteroatoms. The van der Waals surface area contributed by atoms with Crippen LogP contribution in [-0.4, -0.2) is 13.2 Å². The summed E-state index contributed by atoms with van der Waals surface area (Å²) in [5, 5.41) is 0. The summed E-state index contributed by atoms with van der Waals surface area (Å²) >= 11 is 8.73. The van der Waals surface area contributed by atoms with E-state index in [0.717, 1.165) is 63.7 Å². The molecule has 0 bridgehead atoms. The average Bonchev–Trinajstić information content (AvgIpc) is 2.90. The normalized spacial score (nSPS) is 12.2. The Morgan fingerprint density at radius 3 is 1.69 bits per heavy atom. The van der Waals surface area contributed by atoms with Gasteiger partial charge in [0.25, 0.3) is 0 Å². The van der Waals surface area contributed by atoms with E-state index in [1.165, 1.54) is 0 Å². The van der Waals surface area contributed by atoms with Gasteiger partial charge in [0.05, 0.1) is 13.2 Å². The Balaban J connectivity index is 0.00000316. The first-order valence-corrected chi connectivity index (χ1v) is 13.7. The lowest BCUT2D eigenvalue weighted by atomic mass is 10.1. The number of thiol groups is 2. The zero-order valence-electron chi connectivity index (χ0n) is 22.2. The first-order valence-electron chi connectivity index (χ1n) is 12.8. The molecule has 0 aliphatic heterocycles. The van der Waals surface area contributed by atoms with Gasteiger partial charge in [0.1, 0.15) is 11.5 Å². The molecule has 0 aliphatic carbocycles. The summed E-state index contributed by atoms with van der Waals surface area (Å²) in [6.45, 7) is 13.6. The second kappa shape index (κ2) is 19.6. The molecule has 0 unspecified atom stereocenters. The van der Waals surface area contributed by atoms with Gasteiger partial charge in [-0.25, -0.2) is 0 Å². The van der Waals surface area contributed by atoms with E-state index in [-0.39, 0.29) is 0 Å². The van der Waals surface area contributed by atoms with E-state index >= 15 is 0 Å². The lowest BCUT2D eigenvalue weighted by molar-refractivity contribution is 0.201. The maximum Gasteiger partial charge on any atom is 0.130 e. The number of benzene rings is 2. The zero-order valence-corrected chi connectivity index (χ0v) is 24.0. The van der Waals surface area contributed by atoms with Gasteiger partial charge in [-0.1, -0.05) is 95.7 Å². The molecule has 2 rings (SSSR count). The summed E-state index contributed by atoms with van der Waals surface area (Å²) in [5.41, 5.74) is 3.06. The molecule has 0 heterocycles. The standard InChI is InChI=1S/C30H36O2S2.C2H6/c1-4-7-21-31-27(16-10-25-13-19-29(34)20-14-25)23-30(32-22-8-5-2)26(6-3)15-9-24-11-17-28(33)18-12-24;1-2/h6,9-20,23,33-34H,3-5,7-8,21-22H2,1-2H3;1-2H3/b15-9+,16-10+,27-23+,30-26-;. The van der Waals surface area contributed by atoms with Gasteiger partial charge in [-0.05, 0) is 54.3 Å². The lowest BCUT2D eigenvalue weighted by Crippen LogP contribution is -1.99. The van der Waals surface area contributed by atoms with Crippen molar-refractivity contribution in [2.24, 2.45) is 0 Å². The molecule has 2 nitrogen and oxygen atoms in total. The summed E-state index contributed by atoms with van der Waals surface area (Å²) in [4.78, 5) is 1.88. The second-order valence-corrected chi connectivity index (χ2v) is 8.86. The molecule has 2 aromatic rings. The predicted molar refractivity (Wildman–Crippen MR) is 164 cm³/mol. The molecule has 0 radical (unpaired) electrons. The maximum atomic E-state index is 6.19. The lowest BCUT2D eigenvalue weighted by Gasteiger charge is -2.12. The summed E-state index contributed by atoms with van der Waals surface area (Å²) in [5.74, 6) is 1.49. The van der Waals surface area contributed by atoms with Crippen LogP contribution >= 0.6 is 25.3 Å². The van der Waals surface area contributed by atoms with Crippen molar-refractivity contribution >= 4 is 37.4 Å². The van der Waals surface area contributed by atoms with Crippen LogP contribution in [0.25, 0.3) is 12.2 Å². The number of hydrogen-bond acceptors (Lipinski definition) is 4. The van der Waals surface area contributed by atoms with Crippen LogP contribution in [0.15, 0.2) is 106 Å². The number of unbranched alkanes of at least 4 members (excludes halogenated alkanes) is 2. The van der Waals surface area contributed by atoms with Crippen molar-refractivity contribution < 1.29 is 9.47 Å². The molecular weight excluding hydrogens is 480 g/mol. The van der Waals surface area contributed by atoms with Crippen LogP contribution in [0.1, 0.15) is 64.5 Å². The van der Waals surface area contributed by atoms with Gasteiger partial charge < -0.3 is 9.47 Å². The molecule has 0 amide bonds. The van der Waals surface area contributed by atoms with Crippen molar-refractivity contribution in [3.8, 4) is 0 Å². The van der Waals surface area contributed by atoms with Gasteiger partial charge >= 0.3 is 0 Å². The van der Waals surface area contributed by atoms with Crippen LogP contribution in [-0.2, 0) is 9.47 Å². The Morgan fingerprint density at radius 1 is 0.750 bits per heavy atom. The van der Waals surface area contributed by atoms with Crippen LogP contribution in [0.4, 0.5) is 0 Å². The number of rotatable bonds is 14. The van der Waals surface area contributed by atoms with Gasteiger partial charge in [0.15, 0.2) is 0 Å². The minimum absolute atomic E-state index is 0.636. The van der Waals surface area contributed by atoms with Gasteiger partial charge in [0.2, 0.25) is 0 Å². The molecule has 0 aromatic heterocycles. The fourth-order valence-corrected chi connectivity index (χ4v) is 3.22. The summed E-state index contributed by atoms with van der Waals surface area (Å²) < 4.78 is 12.3. The van der Waals surface area contributed by atoms with Gasteiger partial charge in [-0.3, -0.25) is 0 Å². The Labute approximate surface area is 230 Å². The molecule has 0 spiro atoms. The third-order valence-corrected chi connectivity index (χ3v) is 5.58. The largest absolute Gasteiger partial charge is 0.493 e. The number of hydrogen-bond donors (Lipinski definition) is 2. The van der Waals surface area contributed by atoms with Crippen LogP contribution in [0, 0.1) is 0 Å². The Kier molecular flexibility index (Phi) is 17.1. The predicted octanol–water partition coefficient (Wildman–Crippen LogP) is 9.97. The Bertz CT molecular complexity index is 997. The topological polar surface area (TPSA) is 18.5 Å². The fourth-order valence-electron chi connectivity index (χ4n) is 2.92. The summed E-state index contributed by atoms with van der Waals surface area (Å²) in [6.07, 6.45) is 16.0. The highest BCUT2D eigenvalue weighted by atomic mass is 32.1. The third-order valence-electron chi connectivity index (χ3n) is 4.98. The van der Waals surface area contributed by atoms with E-state index in [9.17, 15) is 0 Å². The first-order chi connectivity index (χ1) is 17.5. The monoisotopic (exact) mass is 522 g/mol. The molecule has 0 fully saturated rings. The Morgan fingerprint density at radius 2 is 1.22 bits per heavy atom. The smallest absolute Gasteiger partial charge is 0.130 e. The van der Waals surface area contributed by atoms with Crippen molar-refractivity contribution in [2.75, 3.05) is 13.2 Å². The van der Waals surface area contributed by atoms with E-state index in [1.54, 1.807) is 0 Å². The van der Waals surface area contributed by atoms with Gasteiger partial charge in [0, 0.05) is 21.4 Å². The zero-order chi connectivity index (χ0) is 26.6. The van der Waals surface area contributed by atoms with E-state index in [0.29, 0.717) is 13.2 Å². The molecule has 0 N–H and O–H groups in total. The summed E-state index contributed by atoms with van der Waals surface area (Å²) in [7, 11) is 0. The SMILES string of the molecule is C=CC(/C=C/c1ccc(S)cc1)=C(\C=C(/C=C/c1ccc(S)cc1)OCCCC)OCCCC.CC. The molecule has 0 saturated heterocycles. The van der Waals surface area contributed by atoms with Gasteiger partial charge in [-0.15, -0.1) is 25.3 Å². The fraction of sp³-hybridized carbons (Fsp3) is 0.312. The van der Waals surface area contributed by atoms with Crippen LogP contribution in [0.3, 0.4) is 0 Å². The van der Waals surface area contributed by atoms with Crippen LogP contribution in [0.2, 0.25) is 0 Å².